The van der Waals surface area contributed by atoms with Crippen molar-refractivity contribution < 1.29 is 19.1 Å². The molecule has 0 aromatic heterocycles. The van der Waals surface area contributed by atoms with E-state index in [1.165, 1.54) is 11.8 Å². The van der Waals surface area contributed by atoms with E-state index in [2.05, 4.69) is 33.4 Å². The number of benzene rings is 3. The highest BCUT2D eigenvalue weighted by Gasteiger charge is 2.08. The first-order valence-corrected chi connectivity index (χ1v) is 10.4. The van der Waals surface area contributed by atoms with Crippen LogP contribution in [0, 0.1) is 0 Å². The summed E-state index contributed by atoms with van der Waals surface area (Å²) in [5.74, 6) is 0.238. The molecular weight excluding hydrogens is 460 g/mol. The van der Waals surface area contributed by atoms with Gasteiger partial charge in [-0.05, 0) is 78.2 Å². The summed E-state index contributed by atoms with van der Waals surface area (Å²) in [6.07, 6.45) is 2.44. The lowest BCUT2D eigenvalue weighted by Gasteiger charge is -2.06. The maximum absolute atomic E-state index is 12.1. The minimum Gasteiger partial charge on any atom is -0.484 e. The average molecular weight is 481 g/mol. The van der Waals surface area contributed by atoms with Crippen molar-refractivity contribution in [2.75, 3.05) is 6.61 Å². The van der Waals surface area contributed by atoms with Crippen LogP contribution in [0.3, 0.4) is 0 Å². The van der Waals surface area contributed by atoms with Gasteiger partial charge >= 0.3 is 5.97 Å². The molecule has 3 aromatic carbocycles. The Morgan fingerprint density at radius 1 is 0.935 bits per heavy atom. The number of aryl methyl sites for hydroxylation is 1. The van der Waals surface area contributed by atoms with Crippen LogP contribution in [0.5, 0.6) is 11.5 Å². The van der Waals surface area contributed by atoms with E-state index in [9.17, 15) is 9.59 Å². The summed E-state index contributed by atoms with van der Waals surface area (Å²) in [5.41, 5.74) is 4.81. The number of nitrogens with zero attached hydrogens (tertiary/aromatic N) is 1. The average Bonchev–Trinajstić information content (AvgIpc) is 2.79. The van der Waals surface area contributed by atoms with Crippen LogP contribution in [0.4, 0.5) is 0 Å². The van der Waals surface area contributed by atoms with E-state index < -0.39 is 5.97 Å². The van der Waals surface area contributed by atoms with Gasteiger partial charge in [0.15, 0.2) is 6.61 Å². The Labute approximate surface area is 189 Å². The maximum atomic E-state index is 12.1. The molecule has 0 spiro atoms. The third-order valence-corrected chi connectivity index (χ3v) is 4.80. The van der Waals surface area contributed by atoms with E-state index in [-0.39, 0.29) is 12.5 Å². The monoisotopic (exact) mass is 480 g/mol. The van der Waals surface area contributed by atoms with Crippen molar-refractivity contribution in [3.05, 3.63) is 94.0 Å². The number of halogens is 1. The van der Waals surface area contributed by atoms with Crippen LogP contribution in [-0.4, -0.2) is 24.7 Å². The number of carbonyl (C=O) groups excluding carboxylic acids is 2. The summed E-state index contributed by atoms with van der Waals surface area (Å²) in [4.78, 5) is 24.0. The number of hydrazone groups is 1. The Bertz CT molecular complexity index is 1050. The molecule has 7 heteroatoms. The van der Waals surface area contributed by atoms with Crippen LogP contribution in [0.15, 0.2) is 82.4 Å². The predicted octanol–water partition coefficient (Wildman–Crippen LogP) is 4.76. The molecule has 0 saturated carbocycles. The summed E-state index contributed by atoms with van der Waals surface area (Å²) in [7, 11) is 0. The van der Waals surface area contributed by atoms with Crippen molar-refractivity contribution in [2.24, 2.45) is 5.10 Å². The molecule has 6 nitrogen and oxygen atoms in total. The standard InChI is InChI=1S/C24H21BrN2O4/c1-2-17-3-11-21(12-4-17)30-16-23(28)27-26-15-18-5-13-22(14-6-18)31-24(29)19-7-9-20(25)10-8-19/h3-15H,2,16H2,1H3,(H,27,28)/b26-15-. The quantitative estimate of drug-likeness (QED) is 0.218. The van der Waals surface area contributed by atoms with Crippen molar-refractivity contribution in [3.63, 3.8) is 0 Å². The van der Waals surface area contributed by atoms with Gasteiger partial charge in [-0.1, -0.05) is 35.0 Å². The molecule has 3 rings (SSSR count). The molecule has 0 atom stereocenters. The molecule has 0 bridgehead atoms. The SMILES string of the molecule is CCc1ccc(OCC(=O)N/N=C\c2ccc(OC(=O)c3ccc(Br)cc3)cc2)cc1. The third kappa shape index (κ3) is 7.08. The molecule has 0 heterocycles. The molecular formula is C24H21BrN2O4. The number of hydrogen-bond donors (Lipinski definition) is 1. The van der Waals surface area contributed by atoms with Crippen molar-refractivity contribution in [1.29, 1.82) is 0 Å². The van der Waals surface area contributed by atoms with E-state index >= 15 is 0 Å². The van der Waals surface area contributed by atoms with Gasteiger partial charge in [0.25, 0.3) is 5.91 Å². The summed E-state index contributed by atoms with van der Waals surface area (Å²) < 4.78 is 11.7. The van der Waals surface area contributed by atoms with Crippen LogP contribution in [0.25, 0.3) is 0 Å². The number of carbonyl (C=O) groups is 2. The highest BCUT2D eigenvalue weighted by molar-refractivity contribution is 9.10. The van der Waals surface area contributed by atoms with Gasteiger partial charge in [-0.25, -0.2) is 10.2 Å². The van der Waals surface area contributed by atoms with Gasteiger partial charge in [-0.15, -0.1) is 0 Å². The number of esters is 1. The molecule has 158 valence electrons. The fourth-order valence-electron chi connectivity index (χ4n) is 2.56. The number of nitrogens with one attached hydrogen (secondary N) is 1. The number of hydrogen-bond acceptors (Lipinski definition) is 5. The van der Waals surface area contributed by atoms with Crippen molar-refractivity contribution >= 4 is 34.0 Å². The Morgan fingerprint density at radius 2 is 1.58 bits per heavy atom. The lowest BCUT2D eigenvalue weighted by Crippen LogP contribution is -2.24. The summed E-state index contributed by atoms with van der Waals surface area (Å²) in [5, 5.41) is 3.91. The van der Waals surface area contributed by atoms with E-state index in [0.717, 1.165) is 16.5 Å². The Balaban J connectivity index is 1.44. The minimum atomic E-state index is -0.439. The van der Waals surface area contributed by atoms with Gasteiger partial charge in [-0.3, -0.25) is 4.79 Å². The summed E-state index contributed by atoms with van der Waals surface area (Å²) >= 11 is 3.33. The normalized spacial score (nSPS) is 10.6. The van der Waals surface area contributed by atoms with Crippen molar-refractivity contribution in [2.45, 2.75) is 13.3 Å². The maximum Gasteiger partial charge on any atom is 0.343 e. The first-order chi connectivity index (χ1) is 15.0. The molecule has 0 radical (unpaired) electrons. The molecule has 0 saturated heterocycles. The minimum absolute atomic E-state index is 0.131. The van der Waals surface area contributed by atoms with E-state index in [1.54, 1.807) is 48.5 Å². The first-order valence-electron chi connectivity index (χ1n) is 9.65. The Morgan fingerprint density at radius 3 is 2.23 bits per heavy atom. The van der Waals surface area contributed by atoms with Crippen LogP contribution in [0.2, 0.25) is 0 Å². The molecule has 0 aliphatic rings. The summed E-state index contributed by atoms with van der Waals surface area (Å²) in [6.45, 7) is 1.94. The molecule has 0 aliphatic heterocycles. The van der Waals surface area contributed by atoms with E-state index in [0.29, 0.717) is 17.1 Å². The topological polar surface area (TPSA) is 77.0 Å². The fourth-order valence-corrected chi connectivity index (χ4v) is 2.82. The zero-order valence-electron chi connectivity index (χ0n) is 16.9. The van der Waals surface area contributed by atoms with E-state index in [4.69, 9.17) is 9.47 Å². The van der Waals surface area contributed by atoms with Gasteiger partial charge in [0.1, 0.15) is 11.5 Å². The molecule has 0 fully saturated rings. The molecule has 0 unspecified atom stereocenters. The lowest BCUT2D eigenvalue weighted by atomic mass is 10.2. The molecule has 1 N–H and O–H groups in total. The number of rotatable bonds is 8. The van der Waals surface area contributed by atoms with Gasteiger partial charge in [0.05, 0.1) is 11.8 Å². The second kappa shape index (κ2) is 11.1. The second-order valence-electron chi connectivity index (χ2n) is 6.54. The van der Waals surface area contributed by atoms with Crippen LogP contribution >= 0.6 is 15.9 Å². The zero-order chi connectivity index (χ0) is 22.1. The smallest absolute Gasteiger partial charge is 0.343 e. The zero-order valence-corrected chi connectivity index (χ0v) is 18.5. The highest BCUT2D eigenvalue weighted by Crippen LogP contribution is 2.16. The largest absolute Gasteiger partial charge is 0.484 e. The molecule has 1 amide bonds. The van der Waals surface area contributed by atoms with Crippen LogP contribution in [-0.2, 0) is 11.2 Å². The fraction of sp³-hybridized carbons (Fsp3) is 0.125. The Hall–Kier alpha value is -3.45. The molecule has 3 aromatic rings. The predicted molar refractivity (Wildman–Crippen MR) is 123 cm³/mol. The molecule has 31 heavy (non-hydrogen) atoms. The second-order valence-corrected chi connectivity index (χ2v) is 7.46. The van der Waals surface area contributed by atoms with Gasteiger partial charge < -0.3 is 9.47 Å². The van der Waals surface area contributed by atoms with Gasteiger partial charge in [-0.2, -0.15) is 5.10 Å². The van der Waals surface area contributed by atoms with Gasteiger partial charge in [0.2, 0.25) is 0 Å². The molecule has 0 aliphatic carbocycles. The van der Waals surface area contributed by atoms with Crippen LogP contribution < -0.4 is 14.9 Å². The highest BCUT2D eigenvalue weighted by atomic mass is 79.9. The van der Waals surface area contributed by atoms with E-state index in [1.807, 2.05) is 24.3 Å². The van der Waals surface area contributed by atoms with Crippen LogP contribution in [0.1, 0.15) is 28.4 Å². The van der Waals surface area contributed by atoms with Crippen molar-refractivity contribution in [3.8, 4) is 11.5 Å². The lowest BCUT2D eigenvalue weighted by molar-refractivity contribution is -0.123. The first kappa shape index (κ1) is 22.2. The van der Waals surface area contributed by atoms with Gasteiger partial charge in [0, 0.05) is 4.47 Å². The summed E-state index contributed by atoms with van der Waals surface area (Å²) in [6, 6.07) is 21.3. The third-order valence-electron chi connectivity index (χ3n) is 4.27. The number of ether oxygens (including phenoxy) is 2. The van der Waals surface area contributed by atoms with Crippen molar-refractivity contribution in [1.82, 2.24) is 5.43 Å². The number of amides is 1. The Kier molecular flexibility index (Phi) is 7.95.